The first-order chi connectivity index (χ1) is 8.50. The molecule has 1 amide bonds. The number of hydrogen-bond acceptors (Lipinski definition) is 3. The summed E-state index contributed by atoms with van der Waals surface area (Å²) in [5, 5.41) is 6.57. The largest absolute Gasteiger partial charge is 0.350 e. The molecule has 5 heteroatoms. The molecule has 2 aliphatic heterocycles. The monoisotopic (exact) mass is 289 g/mol. The zero-order valence-corrected chi connectivity index (χ0v) is 13.2. The van der Waals surface area contributed by atoms with Gasteiger partial charge in [0.1, 0.15) is 0 Å². The first-order valence-corrected chi connectivity index (χ1v) is 7.24. The third-order valence-electron chi connectivity index (χ3n) is 4.52. The topological polar surface area (TPSA) is 44.4 Å². The molecule has 2 aliphatic rings. The van der Waals surface area contributed by atoms with Crippen LogP contribution in [-0.2, 0) is 4.79 Å². The molecule has 0 radical (unpaired) electrons. The maximum absolute atomic E-state index is 12.0. The number of fused-ring (bicyclic) bond motifs is 1. The predicted molar refractivity (Wildman–Crippen MR) is 80.7 cm³/mol. The number of carbonyl (C=O) groups excluding carboxylic acids is 1. The second-order valence-corrected chi connectivity index (χ2v) is 6.49. The van der Waals surface area contributed by atoms with Gasteiger partial charge in [-0.1, -0.05) is 6.92 Å². The Morgan fingerprint density at radius 3 is 2.74 bits per heavy atom. The second-order valence-electron chi connectivity index (χ2n) is 6.49. The summed E-state index contributed by atoms with van der Waals surface area (Å²) in [5.41, 5.74) is -0.0790. The quantitative estimate of drug-likeness (QED) is 0.819. The molecule has 112 valence electrons. The van der Waals surface area contributed by atoms with E-state index in [1.54, 1.807) is 0 Å². The summed E-state index contributed by atoms with van der Waals surface area (Å²) in [6.07, 6.45) is 2.20. The molecule has 19 heavy (non-hydrogen) atoms. The Morgan fingerprint density at radius 2 is 2.05 bits per heavy atom. The van der Waals surface area contributed by atoms with Crippen molar-refractivity contribution in [2.45, 2.75) is 39.2 Å². The second kappa shape index (κ2) is 6.91. The molecule has 2 atom stereocenters. The molecule has 2 rings (SSSR count). The van der Waals surface area contributed by atoms with Crippen LogP contribution in [0.1, 0.15) is 33.6 Å². The number of halogens is 1. The van der Waals surface area contributed by atoms with E-state index in [1.807, 2.05) is 0 Å². The third kappa shape index (κ3) is 4.62. The first-order valence-electron chi connectivity index (χ1n) is 7.24. The van der Waals surface area contributed by atoms with Gasteiger partial charge >= 0.3 is 0 Å². The van der Waals surface area contributed by atoms with E-state index in [-0.39, 0.29) is 23.9 Å². The van der Waals surface area contributed by atoms with E-state index in [2.05, 4.69) is 36.3 Å². The summed E-state index contributed by atoms with van der Waals surface area (Å²) in [6, 6.07) is 0. The van der Waals surface area contributed by atoms with Crippen molar-refractivity contribution in [2.75, 3.05) is 32.7 Å². The van der Waals surface area contributed by atoms with Crippen LogP contribution in [0, 0.1) is 11.8 Å². The van der Waals surface area contributed by atoms with E-state index in [4.69, 9.17) is 0 Å². The van der Waals surface area contributed by atoms with Crippen LogP contribution < -0.4 is 10.6 Å². The smallest absolute Gasteiger partial charge is 0.234 e. The lowest BCUT2D eigenvalue weighted by Gasteiger charge is -2.35. The maximum atomic E-state index is 12.0. The highest BCUT2D eigenvalue weighted by molar-refractivity contribution is 5.85. The highest BCUT2D eigenvalue weighted by Gasteiger charge is 2.33. The van der Waals surface area contributed by atoms with Gasteiger partial charge in [-0.3, -0.25) is 9.69 Å². The van der Waals surface area contributed by atoms with Crippen molar-refractivity contribution in [3.05, 3.63) is 0 Å². The van der Waals surface area contributed by atoms with Crippen LogP contribution in [0.4, 0.5) is 0 Å². The van der Waals surface area contributed by atoms with Crippen LogP contribution in [0.3, 0.4) is 0 Å². The lowest BCUT2D eigenvalue weighted by atomic mass is 9.89. The Morgan fingerprint density at radius 1 is 1.37 bits per heavy atom. The number of piperidine rings is 1. The van der Waals surface area contributed by atoms with Gasteiger partial charge in [0.2, 0.25) is 5.91 Å². The average Bonchev–Trinajstić information content (AvgIpc) is 2.75. The zero-order chi connectivity index (χ0) is 13.2. The molecule has 0 saturated carbocycles. The van der Waals surface area contributed by atoms with Crippen molar-refractivity contribution in [3.8, 4) is 0 Å². The van der Waals surface area contributed by atoms with Crippen molar-refractivity contribution in [1.29, 1.82) is 0 Å². The third-order valence-corrected chi connectivity index (χ3v) is 4.52. The molecule has 0 aromatic heterocycles. The van der Waals surface area contributed by atoms with Crippen molar-refractivity contribution in [1.82, 2.24) is 15.5 Å². The van der Waals surface area contributed by atoms with Gasteiger partial charge in [0.25, 0.3) is 0 Å². The lowest BCUT2D eigenvalue weighted by molar-refractivity contribution is -0.124. The molecule has 2 heterocycles. The zero-order valence-electron chi connectivity index (χ0n) is 12.4. The van der Waals surface area contributed by atoms with Crippen LogP contribution in [-0.4, -0.2) is 49.1 Å². The Hall–Kier alpha value is -0.320. The fourth-order valence-corrected chi connectivity index (χ4v) is 2.96. The van der Waals surface area contributed by atoms with Gasteiger partial charge in [0.05, 0.1) is 6.54 Å². The van der Waals surface area contributed by atoms with E-state index in [1.165, 1.54) is 13.0 Å². The van der Waals surface area contributed by atoms with E-state index in [0.717, 1.165) is 37.9 Å². The predicted octanol–water partition coefficient (Wildman–Crippen LogP) is 1.25. The number of hydrogen-bond donors (Lipinski definition) is 2. The summed E-state index contributed by atoms with van der Waals surface area (Å²) in [5.74, 6) is 1.77. The van der Waals surface area contributed by atoms with Crippen LogP contribution >= 0.6 is 12.4 Å². The minimum Gasteiger partial charge on any atom is -0.350 e. The molecule has 2 saturated heterocycles. The molecule has 0 aromatic carbocycles. The summed E-state index contributed by atoms with van der Waals surface area (Å²) >= 11 is 0. The van der Waals surface area contributed by atoms with Gasteiger partial charge < -0.3 is 10.6 Å². The Labute approximate surface area is 123 Å². The standard InChI is InChI=1S/C14H27N3O.ClH/c1-4-14(2,3)16-13(18)10-17-6-5-11-7-15-8-12(11)9-17;/h11-12,15H,4-10H2,1-3H3,(H,16,18);1H. The number of rotatable bonds is 4. The fraction of sp³-hybridized carbons (Fsp3) is 0.929. The molecule has 0 spiro atoms. The summed E-state index contributed by atoms with van der Waals surface area (Å²) in [7, 11) is 0. The normalized spacial score (nSPS) is 27.5. The van der Waals surface area contributed by atoms with E-state index in [0.29, 0.717) is 6.54 Å². The number of likely N-dealkylation sites (tertiary alicyclic amines) is 1. The summed E-state index contributed by atoms with van der Waals surface area (Å²) < 4.78 is 0. The highest BCUT2D eigenvalue weighted by Crippen LogP contribution is 2.26. The van der Waals surface area contributed by atoms with E-state index >= 15 is 0 Å². The number of nitrogens with one attached hydrogen (secondary N) is 2. The van der Waals surface area contributed by atoms with Crippen molar-refractivity contribution in [3.63, 3.8) is 0 Å². The molecule has 0 aliphatic carbocycles. The van der Waals surface area contributed by atoms with E-state index in [9.17, 15) is 4.79 Å². The summed E-state index contributed by atoms with van der Waals surface area (Å²) in [6.45, 7) is 11.3. The van der Waals surface area contributed by atoms with Gasteiger partial charge in [0, 0.05) is 12.1 Å². The minimum atomic E-state index is -0.0790. The van der Waals surface area contributed by atoms with Gasteiger partial charge in [-0.2, -0.15) is 0 Å². The van der Waals surface area contributed by atoms with Gasteiger partial charge in [-0.15, -0.1) is 12.4 Å². The number of amides is 1. The molecule has 0 bridgehead atoms. The molecule has 2 unspecified atom stereocenters. The van der Waals surface area contributed by atoms with Crippen LogP contribution in [0.5, 0.6) is 0 Å². The Kier molecular flexibility index (Phi) is 6.09. The maximum Gasteiger partial charge on any atom is 0.234 e. The summed E-state index contributed by atoms with van der Waals surface area (Å²) in [4.78, 5) is 14.3. The Balaban J connectivity index is 0.00000180. The Bertz CT molecular complexity index is 309. The van der Waals surface area contributed by atoms with Crippen molar-refractivity contribution in [2.24, 2.45) is 11.8 Å². The van der Waals surface area contributed by atoms with Crippen LogP contribution in [0.2, 0.25) is 0 Å². The molecular formula is C14H28ClN3O. The van der Waals surface area contributed by atoms with Crippen molar-refractivity contribution >= 4 is 18.3 Å². The SMILES string of the molecule is CCC(C)(C)NC(=O)CN1CCC2CNCC2C1.Cl. The average molecular weight is 290 g/mol. The van der Waals surface area contributed by atoms with Gasteiger partial charge in [-0.25, -0.2) is 0 Å². The molecule has 0 aromatic rings. The van der Waals surface area contributed by atoms with Crippen LogP contribution in [0.25, 0.3) is 0 Å². The minimum absolute atomic E-state index is 0. The lowest BCUT2D eigenvalue weighted by Crippen LogP contribution is -2.50. The van der Waals surface area contributed by atoms with Gasteiger partial charge in [-0.05, 0) is 58.2 Å². The fourth-order valence-electron chi connectivity index (χ4n) is 2.96. The highest BCUT2D eigenvalue weighted by atomic mass is 35.5. The van der Waals surface area contributed by atoms with Crippen LogP contribution in [0.15, 0.2) is 0 Å². The number of carbonyl (C=O) groups is 1. The van der Waals surface area contributed by atoms with Crippen molar-refractivity contribution < 1.29 is 4.79 Å². The molecule has 2 N–H and O–H groups in total. The molecule has 2 fully saturated rings. The van der Waals surface area contributed by atoms with E-state index < -0.39 is 0 Å². The molecular weight excluding hydrogens is 262 g/mol. The van der Waals surface area contributed by atoms with Gasteiger partial charge in [0.15, 0.2) is 0 Å². The molecule has 4 nitrogen and oxygen atoms in total. The first kappa shape index (κ1) is 16.7. The number of nitrogens with zero attached hydrogens (tertiary/aromatic N) is 1.